The Bertz CT molecular complexity index is 491. The highest BCUT2D eigenvalue weighted by Gasteiger charge is 2.07. The van der Waals surface area contributed by atoms with Crippen molar-refractivity contribution in [2.45, 2.75) is 13.3 Å². The average Bonchev–Trinajstić information content (AvgIpc) is 2.77. The Labute approximate surface area is 94.7 Å². The van der Waals surface area contributed by atoms with Gasteiger partial charge < -0.3 is 15.0 Å². The molecule has 16 heavy (non-hydrogen) atoms. The number of hydrogen-bond acceptors (Lipinski definition) is 3. The van der Waals surface area contributed by atoms with Crippen LogP contribution in [0.25, 0.3) is 5.69 Å². The first kappa shape index (κ1) is 10.5. The van der Waals surface area contributed by atoms with E-state index in [1.807, 2.05) is 29.0 Å². The van der Waals surface area contributed by atoms with E-state index in [-0.39, 0.29) is 0 Å². The lowest BCUT2D eigenvalue weighted by atomic mass is 10.2. The van der Waals surface area contributed by atoms with E-state index in [1.54, 1.807) is 13.3 Å². The van der Waals surface area contributed by atoms with Gasteiger partial charge in [0, 0.05) is 24.9 Å². The van der Waals surface area contributed by atoms with Crippen molar-refractivity contribution in [3.05, 3.63) is 36.4 Å². The summed E-state index contributed by atoms with van der Waals surface area (Å²) in [6.45, 7) is 2.06. The zero-order chi connectivity index (χ0) is 11.5. The molecule has 0 aliphatic rings. The number of nitrogens with zero attached hydrogens (tertiary/aromatic N) is 2. The van der Waals surface area contributed by atoms with E-state index in [2.05, 4.69) is 11.9 Å². The lowest BCUT2D eigenvalue weighted by molar-refractivity contribution is 0.414. The van der Waals surface area contributed by atoms with Gasteiger partial charge in [0.05, 0.1) is 18.5 Å². The van der Waals surface area contributed by atoms with Gasteiger partial charge in [-0.05, 0) is 12.1 Å². The number of nitrogens with two attached hydrogens (primary N) is 1. The molecule has 2 aromatic rings. The van der Waals surface area contributed by atoms with Gasteiger partial charge in [-0.3, -0.25) is 0 Å². The number of ether oxygens (including phenoxy) is 1. The van der Waals surface area contributed by atoms with E-state index >= 15 is 0 Å². The number of imidazole rings is 1. The van der Waals surface area contributed by atoms with Gasteiger partial charge in [0.25, 0.3) is 0 Å². The van der Waals surface area contributed by atoms with Gasteiger partial charge in [-0.1, -0.05) is 6.92 Å². The molecule has 2 N–H and O–H groups in total. The van der Waals surface area contributed by atoms with Gasteiger partial charge in [0.15, 0.2) is 0 Å². The lowest BCUT2D eigenvalue weighted by Gasteiger charge is -2.11. The number of nitrogen functional groups attached to an aromatic ring is 1. The van der Waals surface area contributed by atoms with Crippen LogP contribution >= 0.6 is 0 Å². The molecule has 4 nitrogen and oxygen atoms in total. The zero-order valence-electron chi connectivity index (χ0n) is 9.47. The Morgan fingerprint density at radius 1 is 1.44 bits per heavy atom. The van der Waals surface area contributed by atoms with E-state index in [0.717, 1.165) is 23.7 Å². The maximum Gasteiger partial charge on any atom is 0.121 e. The molecule has 84 valence electrons. The van der Waals surface area contributed by atoms with E-state index < -0.39 is 0 Å². The van der Waals surface area contributed by atoms with Crippen molar-refractivity contribution in [2.24, 2.45) is 0 Å². The quantitative estimate of drug-likeness (QED) is 0.800. The van der Waals surface area contributed by atoms with Gasteiger partial charge in [-0.15, -0.1) is 0 Å². The Balaban J connectivity index is 2.54. The molecular formula is C12H15N3O. The molecular weight excluding hydrogens is 202 g/mol. The van der Waals surface area contributed by atoms with Crippen LogP contribution in [-0.4, -0.2) is 16.7 Å². The van der Waals surface area contributed by atoms with Crippen molar-refractivity contribution in [1.82, 2.24) is 9.55 Å². The molecule has 0 saturated carbocycles. The molecule has 0 radical (unpaired) electrons. The van der Waals surface area contributed by atoms with Crippen LogP contribution in [0.4, 0.5) is 5.69 Å². The predicted octanol–water partition coefficient (Wildman–Crippen LogP) is 2.03. The number of aromatic nitrogens is 2. The minimum atomic E-state index is 0.716. The van der Waals surface area contributed by atoms with E-state index in [4.69, 9.17) is 10.5 Å². The highest BCUT2D eigenvalue weighted by atomic mass is 16.5. The van der Waals surface area contributed by atoms with E-state index in [0.29, 0.717) is 5.69 Å². The van der Waals surface area contributed by atoms with Gasteiger partial charge in [0.2, 0.25) is 0 Å². The SMILES string of the molecule is CCc1nccn1-c1cc(OC)ccc1N. The summed E-state index contributed by atoms with van der Waals surface area (Å²) >= 11 is 0. The van der Waals surface area contributed by atoms with Crippen LogP contribution in [0.15, 0.2) is 30.6 Å². The highest BCUT2D eigenvalue weighted by Crippen LogP contribution is 2.24. The summed E-state index contributed by atoms with van der Waals surface area (Å²) in [5.41, 5.74) is 7.58. The van der Waals surface area contributed by atoms with Gasteiger partial charge >= 0.3 is 0 Å². The molecule has 0 fully saturated rings. The van der Waals surface area contributed by atoms with Gasteiger partial charge in [0.1, 0.15) is 11.6 Å². The topological polar surface area (TPSA) is 53.1 Å². The standard InChI is InChI=1S/C12H15N3O/c1-3-12-14-6-7-15(12)11-8-9(16-2)4-5-10(11)13/h4-8H,3,13H2,1-2H3. The molecule has 0 saturated heterocycles. The molecule has 2 rings (SSSR count). The summed E-state index contributed by atoms with van der Waals surface area (Å²) in [6, 6.07) is 5.60. The molecule has 4 heteroatoms. The van der Waals surface area contributed by atoms with Crippen LogP contribution < -0.4 is 10.5 Å². The third kappa shape index (κ3) is 1.74. The maximum atomic E-state index is 5.95. The summed E-state index contributed by atoms with van der Waals surface area (Å²) in [5, 5.41) is 0. The largest absolute Gasteiger partial charge is 0.497 e. The number of benzene rings is 1. The predicted molar refractivity (Wildman–Crippen MR) is 63.9 cm³/mol. The molecule has 0 unspecified atom stereocenters. The lowest BCUT2D eigenvalue weighted by Crippen LogP contribution is -2.03. The van der Waals surface area contributed by atoms with Crippen LogP contribution in [0.5, 0.6) is 5.75 Å². The molecule has 0 bridgehead atoms. The summed E-state index contributed by atoms with van der Waals surface area (Å²) in [5.74, 6) is 1.78. The third-order valence-corrected chi connectivity index (χ3v) is 2.53. The first-order valence-electron chi connectivity index (χ1n) is 5.22. The second-order valence-corrected chi connectivity index (χ2v) is 3.49. The van der Waals surface area contributed by atoms with Crippen LogP contribution in [-0.2, 0) is 6.42 Å². The number of hydrogen-bond donors (Lipinski definition) is 1. The fourth-order valence-electron chi connectivity index (χ4n) is 1.67. The zero-order valence-corrected chi connectivity index (χ0v) is 9.47. The molecule has 0 amide bonds. The second kappa shape index (κ2) is 4.26. The van der Waals surface area contributed by atoms with Crippen LogP contribution in [0.1, 0.15) is 12.7 Å². The molecule has 0 atom stereocenters. The second-order valence-electron chi connectivity index (χ2n) is 3.49. The van der Waals surface area contributed by atoms with Crippen molar-refractivity contribution in [1.29, 1.82) is 0 Å². The van der Waals surface area contributed by atoms with Crippen LogP contribution in [0.2, 0.25) is 0 Å². The first-order chi connectivity index (χ1) is 7.76. The number of aryl methyl sites for hydroxylation is 1. The van der Waals surface area contributed by atoms with Crippen molar-refractivity contribution in [3.8, 4) is 11.4 Å². The Hall–Kier alpha value is -1.97. The monoisotopic (exact) mass is 217 g/mol. The number of rotatable bonds is 3. The third-order valence-electron chi connectivity index (χ3n) is 2.53. The molecule has 1 aromatic heterocycles. The Morgan fingerprint density at radius 3 is 2.94 bits per heavy atom. The molecule has 1 heterocycles. The number of anilines is 1. The van der Waals surface area contributed by atoms with Crippen molar-refractivity contribution in [2.75, 3.05) is 12.8 Å². The minimum absolute atomic E-state index is 0.716. The van der Waals surface area contributed by atoms with Crippen LogP contribution in [0, 0.1) is 0 Å². The number of methoxy groups -OCH3 is 1. The summed E-state index contributed by atoms with van der Waals surface area (Å²) < 4.78 is 7.18. The van der Waals surface area contributed by atoms with E-state index in [1.165, 1.54) is 0 Å². The molecule has 0 aliphatic carbocycles. The van der Waals surface area contributed by atoms with Crippen molar-refractivity contribution >= 4 is 5.69 Å². The van der Waals surface area contributed by atoms with Gasteiger partial charge in [-0.2, -0.15) is 0 Å². The van der Waals surface area contributed by atoms with Crippen molar-refractivity contribution < 1.29 is 4.74 Å². The van der Waals surface area contributed by atoms with E-state index in [9.17, 15) is 0 Å². The average molecular weight is 217 g/mol. The smallest absolute Gasteiger partial charge is 0.121 e. The fraction of sp³-hybridized carbons (Fsp3) is 0.250. The van der Waals surface area contributed by atoms with Crippen molar-refractivity contribution in [3.63, 3.8) is 0 Å². The highest BCUT2D eigenvalue weighted by molar-refractivity contribution is 5.61. The minimum Gasteiger partial charge on any atom is -0.497 e. The summed E-state index contributed by atoms with van der Waals surface area (Å²) in [4.78, 5) is 4.27. The molecule has 0 spiro atoms. The normalized spacial score (nSPS) is 10.4. The Kier molecular flexibility index (Phi) is 2.81. The molecule has 1 aromatic carbocycles. The molecule has 0 aliphatic heterocycles. The maximum absolute atomic E-state index is 5.95. The first-order valence-corrected chi connectivity index (χ1v) is 5.22. The Morgan fingerprint density at radius 2 is 2.25 bits per heavy atom. The fourth-order valence-corrected chi connectivity index (χ4v) is 1.67. The van der Waals surface area contributed by atoms with Crippen LogP contribution in [0.3, 0.4) is 0 Å². The summed E-state index contributed by atoms with van der Waals surface area (Å²) in [7, 11) is 1.64. The van der Waals surface area contributed by atoms with Gasteiger partial charge in [-0.25, -0.2) is 4.98 Å². The summed E-state index contributed by atoms with van der Waals surface area (Å²) in [6.07, 6.45) is 4.55.